The van der Waals surface area contributed by atoms with E-state index >= 15 is 0 Å². The van der Waals surface area contributed by atoms with Crippen molar-refractivity contribution < 1.29 is 33.6 Å². The Morgan fingerprint density at radius 2 is 1.81 bits per heavy atom. The molecular weight excluding hydrogens is 563 g/mol. The van der Waals surface area contributed by atoms with Gasteiger partial charge in [0.2, 0.25) is 0 Å². The summed E-state index contributed by atoms with van der Waals surface area (Å²) in [6.45, 7) is -0.911. The SMILES string of the molecule is OCCO[C@@H]1[C@@H](n2cc(-c3cc(F)c(Cl)c(F)c3)nn2)[C@@H](O)[C@@H](CO)O[C@@H]1Sc1ccc(Cl)c(Cl)c1. The fourth-order valence-electron chi connectivity index (χ4n) is 3.77. The average molecular weight is 583 g/mol. The smallest absolute Gasteiger partial charge is 0.145 e. The molecule has 8 nitrogen and oxygen atoms in total. The fourth-order valence-corrected chi connectivity index (χ4v) is 5.41. The molecule has 36 heavy (non-hydrogen) atoms. The van der Waals surface area contributed by atoms with Gasteiger partial charge in [0.15, 0.2) is 0 Å². The van der Waals surface area contributed by atoms with Crippen LogP contribution in [0.25, 0.3) is 11.3 Å². The van der Waals surface area contributed by atoms with E-state index in [1.54, 1.807) is 18.2 Å². The highest BCUT2D eigenvalue weighted by Crippen LogP contribution is 2.41. The van der Waals surface area contributed by atoms with E-state index in [0.29, 0.717) is 14.9 Å². The van der Waals surface area contributed by atoms with Gasteiger partial charge < -0.3 is 24.8 Å². The van der Waals surface area contributed by atoms with E-state index in [0.717, 1.165) is 12.1 Å². The molecule has 0 radical (unpaired) electrons. The predicted molar refractivity (Wildman–Crippen MR) is 130 cm³/mol. The van der Waals surface area contributed by atoms with Crippen LogP contribution in [0.4, 0.5) is 8.78 Å². The number of rotatable bonds is 8. The molecule has 0 unspecified atom stereocenters. The zero-order chi connectivity index (χ0) is 26.0. The minimum Gasteiger partial charge on any atom is -0.394 e. The number of hydrogen-bond donors (Lipinski definition) is 3. The van der Waals surface area contributed by atoms with Gasteiger partial charge in [0.25, 0.3) is 0 Å². The lowest BCUT2D eigenvalue weighted by atomic mass is 9.97. The number of aliphatic hydroxyl groups excluding tert-OH is 3. The number of nitrogens with zero attached hydrogens (tertiary/aromatic N) is 3. The van der Waals surface area contributed by atoms with Crippen LogP contribution in [0.5, 0.6) is 0 Å². The van der Waals surface area contributed by atoms with Gasteiger partial charge in [0, 0.05) is 10.5 Å². The van der Waals surface area contributed by atoms with Crippen molar-refractivity contribution in [3.05, 3.63) is 63.2 Å². The summed E-state index contributed by atoms with van der Waals surface area (Å²) < 4.78 is 41.0. The van der Waals surface area contributed by atoms with Crippen LogP contribution in [0.3, 0.4) is 0 Å². The molecule has 1 fully saturated rings. The van der Waals surface area contributed by atoms with Crippen molar-refractivity contribution in [2.75, 3.05) is 19.8 Å². The molecule has 0 amide bonds. The number of aliphatic hydroxyl groups is 3. The first kappa shape index (κ1) is 27.5. The normalized spacial score (nSPS) is 24.3. The first-order chi connectivity index (χ1) is 17.2. The van der Waals surface area contributed by atoms with Gasteiger partial charge in [-0.25, -0.2) is 13.5 Å². The number of benzene rings is 2. The second-order valence-corrected chi connectivity index (χ2v) is 10.2. The third-order valence-electron chi connectivity index (χ3n) is 5.46. The van der Waals surface area contributed by atoms with Gasteiger partial charge in [-0.05, 0) is 30.3 Å². The van der Waals surface area contributed by atoms with Crippen LogP contribution >= 0.6 is 46.6 Å². The Balaban J connectivity index is 1.70. The molecule has 5 atom stereocenters. The number of aromatic nitrogens is 3. The Morgan fingerprint density at radius 1 is 1.08 bits per heavy atom. The summed E-state index contributed by atoms with van der Waals surface area (Å²) in [6, 6.07) is 6.04. The van der Waals surface area contributed by atoms with Crippen molar-refractivity contribution >= 4 is 46.6 Å². The van der Waals surface area contributed by atoms with Gasteiger partial charge in [0.05, 0.1) is 36.1 Å². The second-order valence-electron chi connectivity index (χ2n) is 7.80. The lowest BCUT2D eigenvalue weighted by Crippen LogP contribution is -2.56. The minimum atomic E-state index is -1.31. The minimum absolute atomic E-state index is 0.0791. The molecule has 1 saturated heterocycles. The molecule has 194 valence electrons. The molecule has 0 bridgehead atoms. The Morgan fingerprint density at radius 3 is 2.44 bits per heavy atom. The predicted octanol–water partition coefficient (Wildman–Crippen LogP) is 3.97. The van der Waals surface area contributed by atoms with Crippen molar-refractivity contribution in [2.45, 2.75) is 34.7 Å². The molecule has 0 spiro atoms. The van der Waals surface area contributed by atoms with E-state index in [4.69, 9.17) is 44.3 Å². The largest absolute Gasteiger partial charge is 0.394 e. The molecule has 14 heteroatoms. The van der Waals surface area contributed by atoms with Gasteiger partial charge in [0.1, 0.15) is 52.1 Å². The quantitative estimate of drug-likeness (QED) is 0.343. The maximum absolute atomic E-state index is 14.0. The highest BCUT2D eigenvalue weighted by Gasteiger charge is 2.48. The molecule has 1 aliphatic heterocycles. The molecule has 0 aliphatic carbocycles. The summed E-state index contributed by atoms with van der Waals surface area (Å²) in [5.41, 5.74) is -0.605. The molecule has 4 rings (SSSR count). The van der Waals surface area contributed by atoms with Crippen LogP contribution < -0.4 is 0 Å². The third-order valence-corrected chi connectivity index (χ3v) is 7.70. The Hall–Kier alpha value is -1.54. The van der Waals surface area contributed by atoms with Crippen LogP contribution in [-0.2, 0) is 9.47 Å². The summed E-state index contributed by atoms with van der Waals surface area (Å²) in [6.07, 6.45) is -1.85. The van der Waals surface area contributed by atoms with Crippen LogP contribution in [-0.4, -0.2) is 73.9 Å². The second kappa shape index (κ2) is 11.9. The first-order valence-corrected chi connectivity index (χ1v) is 12.6. The number of ether oxygens (including phenoxy) is 2. The summed E-state index contributed by atoms with van der Waals surface area (Å²) in [7, 11) is 0. The lowest BCUT2D eigenvalue weighted by molar-refractivity contribution is -0.194. The zero-order valence-corrected chi connectivity index (χ0v) is 21.4. The average Bonchev–Trinajstić information content (AvgIpc) is 3.34. The van der Waals surface area contributed by atoms with E-state index in [1.807, 2.05) is 0 Å². The topological polar surface area (TPSA) is 110 Å². The van der Waals surface area contributed by atoms with Crippen LogP contribution in [0, 0.1) is 11.6 Å². The molecule has 1 aliphatic rings. The Kier molecular flexibility index (Phi) is 9.08. The highest BCUT2D eigenvalue weighted by molar-refractivity contribution is 7.99. The number of hydrogen-bond acceptors (Lipinski definition) is 8. The molecule has 3 N–H and O–H groups in total. The molecular formula is C22H20Cl3F2N3O5S. The monoisotopic (exact) mass is 581 g/mol. The first-order valence-electron chi connectivity index (χ1n) is 10.6. The lowest BCUT2D eigenvalue weighted by Gasteiger charge is -2.43. The maximum atomic E-state index is 14.0. The molecule has 1 aromatic heterocycles. The number of halogens is 5. The van der Waals surface area contributed by atoms with Crippen molar-refractivity contribution in [3.8, 4) is 11.3 Å². The van der Waals surface area contributed by atoms with Crippen LogP contribution in [0.15, 0.2) is 41.4 Å². The standard InChI is InChI=1S/C22H20Cl3F2N3O5S/c23-12-2-1-11(7-13(12)24)36-22-21(34-4-3-31)19(20(33)17(9-32)35-22)30-8-16(28-29-30)10-5-14(26)18(25)15(27)6-10/h1-2,5-8,17,19-22,31-33H,3-4,9H2/t17-,19+,20+,21-,22-/m1/s1. The zero-order valence-electron chi connectivity index (χ0n) is 18.3. The Bertz CT molecular complexity index is 1200. The van der Waals surface area contributed by atoms with Gasteiger partial charge in [-0.1, -0.05) is 51.8 Å². The van der Waals surface area contributed by atoms with Crippen molar-refractivity contribution in [2.24, 2.45) is 0 Å². The molecule has 2 aromatic carbocycles. The molecule has 2 heterocycles. The van der Waals surface area contributed by atoms with Crippen molar-refractivity contribution in [1.29, 1.82) is 0 Å². The van der Waals surface area contributed by atoms with Crippen LogP contribution in [0.2, 0.25) is 15.1 Å². The van der Waals surface area contributed by atoms with E-state index in [9.17, 15) is 24.1 Å². The summed E-state index contributed by atoms with van der Waals surface area (Å²) in [4.78, 5) is 0.672. The highest BCUT2D eigenvalue weighted by atomic mass is 35.5. The number of thioether (sulfide) groups is 1. The summed E-state index contributed by atoms with van der Waals surface area (Å²) in [5, 5.41) is 38.3. The van der Waals surface area contributed by atoms with E-state index in [-0.39, 0.29) is 24.5 Å². The van der Waals surface area contributed by atoms with E-state index in [1.165, 1.54) is 22.6 Å². The maximum Gasteiger partial charge on any atom is 0.145 e. The fraction of sp³-hybridized carbons (Fsp3) is 0.364. The molecule has 3 aromatic rings. The van der Waals surface area contributed by atoms with E-state index < -0.39 is 53.1 Å². The van der Waals surface area contributed by atoms with Gasteiger partial charge in [-0.15, -0.1) is 5.10 Å². The van der Waals surface area contributed by atoms with Gasteiger partial charge in [-0.3, -0.25) is 0 Å². The molecule has 0 saturated carbocycles. The van der Waals surface area contributed by atoms with Crippen molar-refractivity contribution in [1.82, 2.24) is 15.0 Å². The van der Waals surface area contributed by atoms with Gasteiger partial charge >= 0.3 is 0 Å². The third kappa shape index (κ3) is 5.79. The van der Waals surface area contributed by atoms with Crippen LogP contribution in [0.1, 0.15) is 6.04 Å². The summed E-state index contributed by atoms with van der Waals surface area (Å²) in [5.74, 6) is -1.93. The van der Waals surface area contributed by atoms with E-state index in [2.05, 4.69) is 10.3 Å². The van der Waals surface area contributed by atoms with Crippen molar-refractivity contribution in [3.63, 3.8) is 0 Å². The summed E-state index contributed by atoms with van der Waals surface area (Å²) >= 11 is 18.9. The Labute approximate surface area is 223 Å². The van der Waals surface area contributed by atoms with Gasteiger partial charge in [-0.2, -0.15) is 0 Å².